The normalized spacial score (nSPS) is 16.3. The fourth-order valence-corrected chi connectivity index (χ4v) is 2.80. The van der Waals surface area contributed by atoms with E-state index in [9.17, 15) is 31.1 Å². The summed E-state index contributed by atoms with van der Waals surface area (Å²) >= 11 is 0. The van der Waals surface area contributed by atoms with E-state index < -0.39 is 41.3 Å². The molecule has 3 rings (SSSR count). The Bertz CT molecular complexity index is 877. The molecule has 12 heteroatoms. The predicted octanol–water partition coefficient (Wildman–Crippen LogP) is 4.10. The van der Waals surface area contributed by atoms with Gasteiger partial charge in [0.25, 0.3) is 0 Å². The van der Waals surface area contributed by atoms with E-state index in [1.54, 1.807) is 0 Å². The first-order valence-corrected chi connectivity index (χ1v) is 8.46. The Hall–Kier alpha value is -2.53. The summed E-state index contributed by atoms with van der Waals surface area (Å²) in [5.74, 6) is -1.75. The van der Waals surface area contributed by atoms with Gasteiger partial charge < -0.3 is 5.32 Å². The van der Waals surface area contributed by atoms with Crippen LogP contribution in [0.4, 0.5) is 32.0 Å². The minimum atomic E-state index is -4.76. The van der Waals surface area contributed by atoms with Crippen LogP contribution in [-0.4, -0.2) is 25.9 Å². The second kappa shape index (κ2) is 6.82. The second-order valence-electron chi connectivity index (χ2n) is 6.87. The first kappa shape index (κ1) is 20.2. The van der Waals surface area contributed by atoms with Crippen molar-refractivity contribution in [3.05, 3.63) is 28.8 Å². The lowest BCUT2D eigenvalue weighted by Gasteiger charge is -2.15. The van der Waals surface area contributed by atoms with Gasteiger partial charge in [0.1, 0.15) is 0 Å². The minimum Gasteiger partial charge on any atom is -0.322 e. The van der Waals surface area contributed by atoms with Crippen molar-refractivity contribution in [2.75, 3.05) is 5.32 Å². The molecule has 1 aliphatic carbocycles. The van der Waals surface area contributed by atoms with Crippen molar-refractivity contribution in [2.24, 2.45) is 5.92 Å². The molecule has 28 heavy (non-hydrogen) atoms. The molecule has 1 aliphatic rings. The van der Waals surface area contributed by atoms with Gasteiger partial charge in [-0.1, -0.05) is 6.92 Å². The van der Waals surface area contributed by atoms with Crippen LogP contribution in [0.2, 0.25) is 0 Å². The number of rotatable bonds is 5. The fraction of sp³-hybridized carbons (Fsp3) is 0.562. The summed E-state index contributed by atoms with van der Waals surface area (Å²) in [5.41, 5.74) is -2.41. The second-order valence-corrected chi connectivity index (χ2v) is 6.87. The van der Waals surface area contributed by atoms with Crippen molar-refractivity contribution in [3.63, 3.8) is 0 Å². The third-order valence-corrected chi connectivity index (χ3v) is 4.46. The van der Waals surface area contributed by atoms with Crippen LogP contribution >= 0.6 is 0 Å². The van der Waals surface area contributed by atoms with E-state index >= 15 is 0 Å². The van der Waals surface area contributed by atoms with Gasteiger partial charge in [0.05, 0.1) is 23.8 Å². The first-order valence-electron chi connectivity index (χ1n) is 8.46. The van der Waals surface area contributed by atoms with E-state index in [4.69, 9.17) is 0 Å². The van der Waals surface area contributed by atoms with Crippen LogP contribution in [0.15, 0.2) is 6.07 Å². The summed E-state index contributed by atoms with van der Waals surface area (Å²) in [7, 11) is 0. The molecule has 0 bridgehead atoms. The lowest BCUT2D eigenvalue weighted by atomic mass is 10.1. The van der Waals surface area contributed by atoms with Gasteiger partial charge in [-0.15, -0.1) is 0 Å². The molecule has 2 heterocycles. The molecule has 0 radical (unpaired) electrons. The van der Waals surface area contributed by atoms with Crippen LogP contribution < -0.4 is 5.32 Å². The maximum absolute atomic E-state index is 13.0. The average molecular weight is 409 g/mol. The Morgan fingerprint density at radius 1 is 1.29 bits per heavy atom. The molecule has 154 valence electrons. The highest BCUT2D eigenvalue weighted by molar-refractivity contribution is 5.93. The number of amides is 1. The monoisotopic (exact) mass is 409 g/mol. The van der Waals surface area contributed by atoms with E-state index in [0.717, 1.165) is 23.6 Å². The number of nitrogens with one attached hydrogen (secondary N) is 2. The molecular formula is C16H17F6N5O. The number of H-pyrrole nitrogens is 1. The van der Waals surface area contributed by atoms with E-state index in [-0.39, 0.29) is 18.2 Å². The summed E-state index contributed by atoms with van der Waals surface area (Å²) in [5, 5.41) is 11.0. The predicted molar refractivity (Wildman–Crippen MR) is 85.3 cm³/mol. The number of hydrogen-bond acceptors (Lipinski definition) is 3. The Labute approximate surface area is 155 Å². The summed E-state index contributed by atoms with van der Waals surface area (Å²) in [6.45, 7) is 2.53. The van der Waals surface area contributed by atoms with Gasteiger partial charge in [-0.2, -0.15) is 36.5 Å². The lowest BCUT2D eigenvalue weighted by molar-refractivity contribution is -0.142. The largest absolute Gasteiger partial charge is 0.437 e. The zero-order valence-corrected chi connectivity index (χ0v) is 14.9. The molecule has 1 unspecified atom stereocenters. The number of carbonyl (C=O) groups excluding carboxylic acids is 1. The van der Waals surface area contributed by atoms with Crippen molar-refractivity contribution < 1.29 is 31.1 Å². The smallest absolute Gasteiger partial charge is 0.322 e. The molecule has 1 fully saturated rings. The number of hydrogen-bond donors (Lipinski definition) is 2. The van der Waals surface area contributed by atoms with Crippen molar-refractivity contribution in [3.8, 4) is 0 Å². The summed E-state index contributed by atoms with van der Waals surface area (Å²) in [6, 6.07) is 0.963. The Morgan fingerprint density at radius 2 is 1.93 bits per heavy atom. The summed E-state index contributed by atoms with van der Waals surface area (Å²) in [4.78, 5) is 12.4. The summed E-state index contributed by atoms with van der Waals surface area (Å²) < 4.78 is 78.9. The van der Waals surface area contributed by atoms with E-state index in [0.29, 0.717) is 5.69 Å². The van der Waals surface area contributed by atoms with Crippen LogP contribution in [0, 0.1) is 12.8 Å². The lowest BCUT2D eigenvalue weighted by Crippen LogP contribution is -2.27. The number of aromatic nitrogens is 4. The van der Waals surface area contributed by atoms with E-state index in [1.807, 2.05) is 0 Å². The molecule has 0 aliphatic heterocycles. The molecule has 1 saturated carbocycles. The van der Waals surface area contributed by atoms with Crippen molar-refractivity contribution in [2.45, 2.75) is 51.5 Å². The Balaban J connectivity index is 1.77. The van der Waals surface area contributed by atoms with Crippen LogP contribution in [-0.2, 0) is 23.7 Å². The SMILES string of the molecule is Cc1[nH]nc(C(F)(F)F)c1NC(=O)C(C)Cn1nc(C(F)(F)F)cc1C1CC1. The molecule has 2 N–H and O–H groups in total. The van der Waals surface area contributed by atoms with Crippen LogP contribution in [0.5, 0.6) is 0 Å². The average Bonchev–Trinajstić information content (AvgIpc) is 3.20. The topological polar surface area (TPSA) is 75.6 Å². The standard InChI is InChI=1S/C16H17F6N5O/c1-7(14(28)23-12-8(2)24-25-13(12)16(20,21)22)6-27-10(9-3-4-9)5-11(26-27)15(17,18)19/h5,7,9H,3-4,6H2,1-2H3,(H,23,28)(H,24,25). The van der Waals surface area contributed by atoms with Crippen LogP contribution in [0.25, 0.3) is 0 Å². The molecule has 6 nitrogen and oxygen atoms in total. The van der Waals surface area contributed by atoms with Crippen molar-refractivity contribution in [1.29, 1.82) is 0 Å². The van der Waals surface area contributed by atoms with E-state index in [1.165, 1.54) is 13.8 Å². The van der Waals surface area contributed by atoms with E-state index in [2.05, 4.69) is 20.6 Å². The molecule has 0 saturated heterocycles. The highest BCUT2D eigenvalue weighted by Crippen LogP contribution is 2.42. The maximum Gasteiger partial charge on any atom is 0.437 e. The molecule has 0 spiro atoms. The fourth-order valence-electron chi connectivity index (χ4n) is 2.80. The first-order chi connectivity index (χ1) is 12.9. The molecule has 0 aromatic carbocycles. The number of nitrogens with zero attached hydrogens (tertiary/aromatic N) is 3. The van der Waals surface area contributed by atoms with Gasteiger partial charge in [0.15, 0.2) is 11.4 Å². The third kappa shape index (κ3) is 4.14. The van der Waals surface area contributed by atoms with Crippen LogP contribution in [0.3, 0.4) is 0 Å². The van der Waals surface area contributed by atoms with Gasteiger partial charge in [-0.3, -0.25) is 14.6 Å². The van der Waals surface area contributed by atoms with Gasteiger partial charge in [0.2, 0.25) is 5.91 Å². The summed E-state index contributed by atoms with van der Waals surface area (Å²) in [6.07, 6.45) is -7.92. The van der Waals surface area contributed by atoms with Gasteiger partial charge in [-0.05, 0) is 25.8 Å². The number of aryl methyl sites for hydroxylation is 1. The highest BCUT2D eigenvalue weighted by atomic mass is 19.4. The molecular weight excluding hydrogens is 392 g/mol. The molecule has 1 amide bonds. The Kier molecular flexibility index (Phi) is 4.92. The van der Waals surface area contributed by atoms with Crippen molar-refractivity contribution in [1.82, 2.24) is 20.0 Å². The molecule has 2 aromatic heterocycles. The minimum absolute atomic E-state index is 0.0185. The van der Waals surface area contributed by atoms with Gasteiger partial charge >= 0.3 is 12.4 Å². The van der Waals surface area contributed by atoms with Crippen LogP contribution in [0.1, 0.15) is 48.5 Å². The number of anilines is 1. The number of halogens is 6. The van der Waals surface area contributed by atoms with Gasteiger partial charge in [0, 0.05) is 11.6 Å². The zero-order chi connectivity index (χ0) is 20.9. The quantitative estimate of drug-likeness (QED) is 0.730. The zero-order valence-electron chi connectivity index (χ0n) is 14.9. The maximum atomic E-state index is 13.0. The molecule has 2 aromatic rings. The third-order valence-electron chi connectivity index (χ3n) is 4.46. The highest BCUT2D eigenvalue weighted by Gasteiger charge is 2.40. The molecule has 1 atom stereocenters. The Morgan fingerprint density at radius 3 is 2.46 bits per heavy atom. The number of carbonyl (C=O) groups is 1. The number of alkyl halides is 6. The van der Waals surface area contributed by atoms with Crippen molar-refractivity contribution >= 4 is 11.6 Å². The number of aromatic amines is 1. The van der Waals surface area contributed by atoms with Gasteiger partial charge in [-0.25, -0.2) is 0 Å².